The van der Waals surface area contributed by atoms with Crippen molar-refractivity contribution in [2.45, 2.75) is 57.3 Å². The molecule has 5 rings (SSSR count). The molecule has 4 nitrogen and oxygen atoms in total. The van der Waals surface area contributed by atoms with E-state index in [1.165, 1.54) is 35.2 Å². The third-order valence-electron chi connectivity index (χ3n) is 6.37. The average Bonchev–Trinajstić information content (AvgIpc) is 3.34. The highest BCUT2D eigenvalue weighted by Gasteiger charge is 2.31. The Kier molecular flexibility index (Phi) is 4.62. The van der Waals surface area contributed by atoms with E-state index in [9.17, 15) is 0 Å². The number of aromatic nitrogens is 2. The molecule has 142 valence electrons. The average molecular weight is 364 g/mol. The molecular weight excluding hydrogens is 334 g/mol. The number of nitrogens with zero attached hydrogens (tertiary/aromatic N) is 3. The van der Waals surface area contributed by atoms with Gasteiger partial charge in [0.25, 0.3) is 0 Å². The smallest absolute Gasteiger partial charge is 0.143 e. The largest absolute Gasteiger partial charge is 0.362 e. The molecule has 0 bridgehead atoms. The predicted molar refractivity (Wildman–Crippen MR) is 108 cm³/mol. The molecule has 3 aliphatic rings. The second-order valence-corrected chi connectivity index (χ2v) is 8.27. The summed E-state index contributed by atoms with van der Waals surface area (Å²) in [5, 5.41) is 0. The molecule has 4 heteroatoms. The number of fused-ring (bicyclic) bond motifs is 2. The number of piperidine rings is 1. The van der Waals surface area contributed by atoms with Crippen LogP contribution in [0.5, 0.6) is 0 Å². The Balaban J connectivity index is 1.51. The molecule has 0 spiro atoms. The second kappa shape index (κ2) is 7.25. The van der Waals surface area contributed by atoms with Gasteiger partial charge in [-0.25, -0.2) is 4.98 Å². The van der Waals surface area contributed by atoms with Crippen LogP contribution in [-0.4, -0.2) is 40.7 Å². The van der Waals surface area contributed by atoms with E-state index in [4.69, 9.17) is 9.72 Å². The number of ether oxygens (including phenoxy) is 1. The molecule has 1 fully saturated rings. The fraction of sp³-hybridized carbons (Fsp3) is 0.522. The van der Waals surface area contributed by atoms with Crippen LogP contribution in [0.1, 0.15) is 60.9 Å². The van der Waals surface area contributed by atoms with Gasteiger partial charge in [0.2, 0.25) is 0 Å². The fourth-order valence-corrected chi connectivity index (χ4v) is 4.72. The zero-order valence-corrected chi connectivity index (χ0v) is 16.2. The summed E-state index contributed by atoms with van der Waals surface area (Å²) in [6.07, 6.45) is 11.8. The first-order valence-corrected chi connectivity index (χ1v) is 10.5. The van der Waals surface area contributed by atoms with Crippen molar-refractivity contribution in [3.8, 4) is 0 Å². The second-order valence-electron chi connectivity index (χ2n) is 8.27. The van der Waals surface area contributed by atoms with Gasteiger partial charge in [-0.3, -0.25) is 0 Å². The van der Waals surface area contributed by atoms with Crippen molar-refractivity contribution in [3.63, 3.8) is 0 Å². The van der Waals surface area contributed by atoms with E-state index in [1.807, 2.05) is 0 Å². The van der Waals surface area contributed by atoms with Crippen molar-refractivity contribution in [1.82, 2.24) is 14.5 Å². The molecule has 1 aromatic carbocycles. The van der Waals surface area contributed by atoms with Gasteiger partial charge in [-0.2, -0.15) is 0 Å². The summed E-state index contributed by atoms with van der Waals surface area (Å²) in [4.78, 5) is 7.51. The van der Waals surface area contributed by atoms with Gasteiger partial charge in [-0.05, 0) is 62.3 Å². The number of imidazole rings is 1. The number of hydrogen-bond acceptors (Lipinski definition) is 3. The Morgan fingerprint density at radius 3 is 2.74 bits per heavy atom. The third kappa shape index (κ3) is 3.37. The Labute approximate surface area is 161 Å². The number of hydrogen-bond donors (Lipinski definition) is 0. The lowest BCUT2D eigenvalue weighted by Crippen LogP contribution is -2.35. The fourth-order valence-electron chi connectivity index (χ4n) is 4.72. The van der Waals surface area contributed by atoms with E-state index in [-0.39, 0.29) is 6.10 Å². The Hall–Kier alpha value is -1.91. The van der Waals surface area contributed by atoms with Crippen LogP contribution in [0.4, 0.5) is 0 Å². The van der Waals surface area contributed by atoms with Crippen molar-refractivity contribution in [1.29, 1.82) is 0 Å². The number of likely N-dealkylation sites (tertiary alicyclic amines) is 1. The molecule has 0 N–H and O–H groups in total. The maximum atomic E-state index is 6.76. The molecule has 0 saturated carbocycles. The van der Waals surface area contributed by atoms with Gasteiger partial charge in [-0.1, -0.05) is 30.3 Å². The molecule has 1 unspecified atom stereocenters. The summed E-state index contributed by atoms with van der Waals surface area (Å²) in [6, 6.07) is 8.79. The highest BCUT2D eigenvalue weighted by molar-refractivity contribution is 5.64. The molecule has 3 heterocycles. The van der Waals surface area contributed by atoms with Gasteiger partial charge < -0.3 is 14.2 Å². The minimum Gasteiger partial charge on any atom is -0.362 e. The minimum atomic E-state index is -0.0483. The molecule has 1 aliphatic carbocycles. The van der Waals surface area contributed by atoms with Crippen LogP contribution in [0.2, 0.25) is 0 Å². The molecule has 1 aromatic heterocycles. The van der Waals surface area contributed by atoms with Gasteiger partial charge in [0.1, 0.15) is 11.9 Å². The monoisotopic (exact) mass is 363 g/mol. The zero-order valence-electron chi connectivity index (χ0n) is 16.2. The number of allylic oxidation sites excluding steroid dienone is 2. The van der Waals surface area contributed by atoms with Crippen molar-refractivity contribution < 1.29 is 4.74 Å². The highest BCUT2D eigenvalue weighted by Crippen LogP contribution is 2.36. The van der Waals surface area contributed by atoms with Gasteiger partial charge in [0.15, 0.2) is 0 Å². The van der Waals surface area contributed by atoms with Gasteiger partial charge in [0.05, 0.1) is 11.8 Å². The predicted octanol–water partition coefficient (Wildman–Crippen LogP) is 4.21. The summed E-state index contributed by atoms with van der Waals surface area (Å²) in [6.45, 7) is 3.22. The van der Waals surface area contributed by atoms with E-state index < -0.39 is 0 Å². The summed E-state index contributed by atoms with van der Waals surface area (Å²) < 4.78 is 9.12. The van der Waals surface area contributed by atoms with E-state index in [0.29, 0.717) is 6.10 Å². The van der Waals surface area contributed by atoms with Crippen LogP contribution < -0.4 is 0 Å². The minimum absolute atomic E-state index is 0.0483. The van der Waals surface area contributed by atoms with Crippen molar-refractivity contribution in [2.75, 3.05) is 20.1 Å². The zero-order chi connectivity index (χ0) is 18.2. The normalized spacial score (nSPS) is 23.6. The van der Waals surface area contributed by atoms with Crippen LogP contribution in [0.15, 0.2) is 36.5 Å². The van der Waals surface area contributed by atoms with E-state index in [0.717, 1.165) is 51.1 Å². The summed E-state index contributed by atoms with van der Waals surface area (Å²) in [5.74, 6) is 1.10. The molecule has 27 heavy (non-hydrogen) atoms. The summed E-state index contributed by atoms with van der Waals surface area (Å²) in [7, 11) is 2.20. The standard InChI is InChI=1S/C23H29N3O/c1-25-13-11-19(12-14-25)27-22-20-9-5-4-6-17(20)10-15-26-16-21(24-23(22)26)18-7-2-3-8-18/h4-7,9,16,19,22H,2-3,8,10-15H2,1H3. The maximum absolute atomic E-state index is 6.76. The van der Waals surface area contributed by atoms with Crippen LogP contribution in [0.25, 0.3) is 5.57 Å². The first-order valence-electron chi connectivity index (χ1n) is 10.5. The van der Waals surface area contributed by atoms with Crippen molar-refractivity contribution in [3.05, 3.63) is 59.2 Å². The van der Waals surface area contributed by atoms with Crippen LogP contribution in [0.3, 0.4) is 0 Å². The van der Waals surface area contributed by atoms with Gasteiger partial charge >= 0.3 is 0 Å². The number of rotatable bonds is 3. The topological polar surface area (TPSA) is 30.3 Å². The van der Waals surface area contributed by atoms with Crippen molar-refractivity contribution in [2.24, 2.45) is 0 Å². The summed E-state index contributed by atoms with van der Waals surface area (Å²) >= 11 is 0. The lowest BCUT2D eigenvalue weighted by atomic mass is 10.00. The van der Waals surface area contributed by atoms with Gasteiger partial charge in [0, 0.05) is 25.8 Å². The molecular formula is C23H29N3O. The lowest BCUT2D eigenvalue weighted by Gasteiger charge is -2.32. The Bertz CT molecular complexity index is 845. The first-order chi connectivity index (χ1) is 13.3. The SMILES string of the molecule is CN1CCC(OC2c3ccccc3CCn3cc(C4=CCCC4)nc32)CC1. The van der Waals surface area contributed by atoms with Crippen molar-refractivity contribution >= 4 is 5.57 Å². The Morgan fingerprint density at radius 2 is 1.93 bits per heavy atom. The molecule has 1 saturated heterocycles. The number of benzene rings is 1. The van der Waals surface area contributed by atoms with E-state index in [2.05, 4.69) is 53.1 Å². The molecule has 2 aromatic rings. The van der Waals surface area contributed by atoms with Crippen LogP contribution >= 0.6 is 0 Å². The van der Waals surface area contributed by atoms with E-state index in [1.54, 1.807) is 0 Å². The van der Waals surface area contributed by atoms with E-state index >= 15 is 0 Å². The van der Waals surface area contributed by atoms with Crippen LogP contribution in [0, 0.1) is 0 Å². The molecule has 1 atom stereocenters. The third-order valence-corrected chi connectivity index (χ3v) is 6.37. The maximum Gasteiger partial charge on any atom is 0.143 e. The summed E-state index contributed by atoms with van der Waals surface area (Å²) in [5.41, 5.74) is 5.30. The van der Waals surface area contributed by atoms with Gasteiger partial charge in [-0.15, -0.1) is 0 Å². The molecule has 0 radical (unpaired) electrons. The Morgan fingerprint density at radius 1 is 1.07 bits per heavy atom. The lowest BCUT2D eigenvalue weighted by molar-refractivity contribution is -0.0275. The highest BCUT2D eigenvalue weighted by atomic mass is 16.5. The molecule has 0 amide bonds. The number of aryl methyl sites for hydroxylation is 2. The first kappa shape index (κ1) is 17.2. The quantitative estimate of drug-likeness (QED) is 0.818. The molecule has 2 aliphatic heterocycles. The van der Waals surface area contributed by atoms with Crippen LogP contribution in [-0.2, 0) is 17.7 Å².